The van der Waals surface area contributed by atoms with E-state index in [9.17, 15) is 17.2 Å². The lowest BCUT2D eigenvalue weighted by Crippen LogP contribution is -2.14. The first kappa shape index (κ1) is 21.5. The molecular weight excluding hydrogens is 470 g/mol. The van der Waals surface area contributed by atoms with Crippen LogP contribution < -0.4 is 5.14 Å². The van der Waals surface area contributed by atoms with E-state index in [4.69, 9.17) is 21.7 Å². The zero-order chi connectivity index (χ0) is 23.3. The van der Waals surface area contributed by atoms with Crippen molar-refractivity contribution in [2.45, 2.75) is 23.7 Å². The van der Waals surface area contributed by atoms with Gasteiger partial charge >= 0.3 is 0 Å². The second-order valence-corrected chi connectivity index (χ2v) is 9.66. The van der Waals surface area contributed by atoms with Crippen molar-refractivity contribution in [3.8, 4) is 23.1 Å². The minimum Gasteiger partial charge on any atom is -0.227 e. The van der Waals surface area contributed by atoms with E-state index in [-0.39, 0.29) is 5.56 Å². The molecule has 0 unspecified atom stereocenters. The first-order chi connectivity index (χ1) is 15.7. The molecule has 1 aliphatic carbocycles. The summed E-state index contributed by atoms with van der Waals surface area (Å²) in [4.78, 5) is 3.87. The number of nitrogens with zero attached hydrogens (tertiary/aromatic N) is 3. The van der Waals surface area contributed by atoms with Crippen molar-refractivity contribution in [3.05, 3.63) is 82.1 Å². The smallest absolute Gasteiger partial charge is 0.227 e. The van der Waals surface area contributed by atoms with Gasteiger partial charge in [-0.25, -0.2) is 31.8 Å². The molecule has 2 aromatic carbocycles. The van der Waals surface area contributed by atoms with E-state index < -0.39 is 26.6 Å². The Kier molecular flexibility index (Phi) is 5.16. The van der Waals surface area contributed by atoms with Crippen molar-refractivity contribution in [1.82, 2.24) is 14.6 Å². The fourth-order valence-corrected chi connectivity index (χ4v) is 4.23. The van der Waals surface area contributed by atoms with Gasteiger partial charge in [0.2, 0.25) is 10.0 Å². The van der Waals surface area contributed by atoms with Gasteiger partial charge in [0.15, 0.2) is 5.65 Å². The van der Waals surface area contributed by atoms with E-state index in [0.717, 1.165) is 30.2 Å². The molecule has 2 heterocycles. The summed E-state index contributed by atoms with van der Waals surface area (Å²) in [6.07, 6.45) is 3.59. The molecule has 4 aromatic rings. The molecule has 0 atom stereocenters. The quantitative estimate of drug-likeness (QED) is 0.440. The van der Waals surface area contributed by atoms with Crippen LogP contribution >= 0.6 is 11.6 Å². The Hall–Kier alpha value is -3.32. The van der Waals surface area contributed by atoms with Crippen LogP contribution in [0.3, 0.4) is 0 Å². The third-order valence-electron chi connectivity index (χ3n) is 5.29. The molecule has 0 bridgehead atoms. The fraction of sp³-hybridized carbons (Fsp3) is 0.130. The number of hydrogen-bond acceptors (Lipinski definition) is 4. The number of rotatable bonds is 3. The summed E-state index contributed by atoms with van der Waals surface area (Å²) >= 11 is 6.00. The average molecular weight is 485 g/mol. The fourth-order valence-electron chi connectivity index (χ4n) is 3.49. The van der Waals surface area contributed by atoms with E-state index >= 15 is 0 Å². The van der Waals surface area contributed by atoms with Gasteiger partial charge in [-0.15, -0.1) is 0 Å². The molecule has 2 N–H and O–H groups in total. The summed E-state index contributed by atoms with van der Waals surface area (Å²) < 4.78 is 52.9. The monoisotopic (exact) mass is 484 g/mol. The topological polar surface area (TPSA) is 90.4 Å². The van der Waals surface area contributed by atoms with Crippen LogP contribution in [0.25, 0.3) is 16.9 Å². The molecule has 166 valence electrons. The molecule has 5 rings (SSSR count). The molecule has 0 spiro atoms. The summed E-state index contributed by atoms with van der Waals surface area (Å²) in [6.45, 7) is 0. The Morgan fingerprint density at radius 3 is 2.39 bits per heavy atom. The van der Waals surface area contributed by atoms with E-state index in [1.807, 2.05) is 18.2 Å². The van der Waals surface area contributed by atoms with Crippen LogP contribution in [0.5, 0.6) is 0 Å². The highest BCUT2D eigenvalue weighted by Crippen LogP contribution is 2.41. The first-order valence-corrected chi connectivity index (χ1v) is 11.8. The third-order valence-corrected chi connectivity index (χ3v) is 6.47. The number of hydrogen-bond donors (Lipinski definition) is 1. The third kappa shape index (κ3) is 4.20. The predicted molar refractivity (Wildman–Crippen MR) is 119 cm³/mol. The van der Waals surface area contributed by atoms with Crippen molar-refractivity contribution in [2.24, 2.45) is 5.14 Å². The summed E-state index contributed by atoms with van der Waals surface area (Å²) in [6, 6.07) is 10.5. The summed E-state index contributed by atoms with van der Waals surface area (Å²) in [7, 11) is -4.37. The van der Waals surface area contributed by atoms with Crippen molar-refractivity contribution < 1.29 is 17.2 Å². The largest absolute Gasteiger partial charge is 0.241 e. The highest BCUT2D eigenvalue weighted by molar-refractivity contribution is 7.89. The zero-order valence-electron chi connectivity index (χ0n) is 16.9. The number of fused-ring (bicyclic) bond motifs is 1. The molecule has 0 radical (unpaired) electrons. The summed E-state index contributed by atoms with van der Waals surface area (Å²) in [5.74, 6) is 3.41. The van der Waals surface area contributed by atoms with Crippen molar-refractivity contribution >= 4 is 27.3 Å². The average Bonchev–Trinajstić information content (AvgIpc) is 3.52. The second-order valence-electron chi connectivity index (χ2n) is 7.70. The van der Waals surface area contributed by atoms with Gasteiger partial charge in [0.25, 0.3) is 0 Å². The first-order valence-electron chi connectivity index (χ1n) is 9.89. The Labute approximate surface area is 193 Å². The number of benzene rings is 2. The Morgan fingerprint density at radius 1 is 1.03 bits per heavy atom. The van der Waals surface area contributed by atoms with Crippen LogP contribution in [-0.2, 0) is 10.0 Å². The van der Waals surface area contributed by atoms with Gasteiger partial charge in [-0.3, -0.25) is 0 Å². The second kappa shape index (κ2) is 7.92. The van der Waals surface area contributed by atoms with Gasteiger partial charge in [-0.2, -0.15) is 5.10 Å². The molecule has 33 heavy (non-hydrogen) atoms. The van der Waals surface area contributed by atoms with Gasteiger partial charge in [0.1, 0.15) is 16.5 Å². The number of primary sulfonamides is 1. The highest BCUT2D eigenvalue weighted by Gasteiger charge is 2.28. The van der Waals surface area contributed by atoms with E-state index in [1.54, 1.807) is 16.6 Å². The van der Waals surface area contributed by atoms with Gasteiger partial charge in [0, 0.05) is 28.3 Å². The molecule has 6 nitrogen and oxygen atoms in total. The standard InChI is InChI=1S/C23H15ClF2N4O2S/c24-17-7-5-13(6-8-17)20-11-21(14-1-2-14)30-23(29-20)16(12-28-30)4-3-15-9-22(33(27,31)32)19(26)10-18(15)25/h5-12,14H,1-2H2,(H2,27,31,32). The Bertz CT molecular complexity index is 1580. The lowest BCUT2D eigenvalue weighted by molar-refractivity contribution is 0.548. The van der Waals surface area contributed by atoms with Gasteiger partial charge in [0.05, 0.1) is 23.0 Å². The minimum atomic E-state index is -4.37. The molecular formula is C23H15ClF2N4O2S. The Morgan fingerprint density at radius 2 is 1.73 bits per heavy atom. The molecule has 1 fully saturated rings. The van der Waals surface area contributed by atoms with Crippen molar-refractivity contribution in [3.63, 3.8) is 0 Å². The molecule has 10 heteroatoms. The maximum absolute atomic E-state index is 14.2. The van der Waals surface area contributed by atoms with E-state index in [2.05, 4.69) is 16.9 Å². The molecule has 1 saturated carbocycles. The van der Waals surface area contributed by atoms with Crippen LogP contribution in [0.4, 0.5) is 8.78 Å². The maximum atomic E-state index is 14.2. The van der Waals surface area contributed by atoms with Gasteiger partial charge in [-0.05, 0) is 37.1 Å². The summed E-state index contributed by atoms with van der Waals surface area (Å²) in [5, 5.41) is 10.0. The van der Waals surface area contributed by atoms with Crippen molar-refractivity contribution in [1.29, 1.82) is 0 Å². The van der Waals surface area contributed by atoms with Crippen LogP contribution in [0.1, 0.15) is 35.6 Å². The lowest BCUT2D eigenvalue weighted by atomic mass is 10.1. The van der Waals surface area contributed by atoms with E-state index in [0.29, 0.717) is 33.9 Å². The van der Waals surface area contributed by atoms with Crippen molar-refractivity contribution in [2.75, 3.05) is 0 Å². The Balaban J connectivity index is 1.64. The van der Waals surface area contributed by atoms with Gasteiger partial charge in [-0.1, -0.05) is 35.6 Å². The van der Waals surface area contributed by atoms with E-state index in [1.165, 1.54) is 6.20 Å². The minimum absolute atomic E-state index is 0.309. The van der Waals surface area contributed by atoms with Crippen LogP contribution in [0.2, 0.25) is 5.02 Å². The number of aromatic nitrogens is 3. The summed E-state index contributed by atoms with van der Waals surface area (Å²) in [5.41, 5.74) is 3.15. The molecule has 1 aliphatic rings. The normalized spacial score (nSPS) is 13.7. The van der Waals surface area contributed by atoms with Crippen LogP contribution in [-0.4, -0.2) is 23.0 Å². The van der Waals surface area contributed by atoms with Gasteiger partial charge < -0.3 is 0 Å². The predicted octanol–water partition coefficient (Wildman–Crippen LogP) is 4.25. The maximum Gasteiger partial charge on any atom is 0.241 e. The SMILES string of the molecule is NS(=O)(=O)c1cc(C#Cc2cnn3c(C4CC4)cc(-c4ccc(Cl)cc4)nc23)c(F)cc1F. The van der Waals surface area contributed by atoms with Crippen LogP contribution in [0, 0.1) is 23.5 Å². The molecule has 2 aromatic heterocycles. The molecule has 0 amide bonds. The highest BCUT2D eigenvalue weighted by atomic mass is 35.5. The molecule has 0 saturated heterocycles. The number of nitrogens with two attached hydrogens (primary N) is 1. The molecule has 0 aliphatic heterocycles. The zero-order valence-corrected chi connectivity index (χ0v) is 18.5. The lowest BCUT2D eigenvalue weighted by Gasteiger charge is -2.08. The number of halogens is 3. The van der Waals surface area contributed by atoms with Crippen LogP contribution in [0.15, 0.2) is 53.6 Å². The number of sulfonamides is 1.